The third-order valence-electron chi connectivity index (χ3n) is 5.77. The molecule has 0 aliphatic carbocycles. The minimum atomic E-state index is -4.47. The third-order valence-corrected chi connectivity index (χ3v) is 5.77. The normalized spacial score (nSPS) is 17.5. The van der Waals surface area contributed by atoms with Gasteiger partial charge >= 0.3 is 6.18 Å². The van der Waals surface area contributed by atoms with Crippen molar-refractivity contribution in [3.63, 3.8) is 0 Å². The van der Waals surface area contributed by atoms with Gasteiger partial charge in [0.25, 0.3) is 5.91 Å². The first-order valence-electron chi connectivity index (χ1n) is 10.6. The van der Waals surface area contributed by atoms with Crippen molar-refractivity contribution in [1.29, 1.82) is 0 Å². The molecule has 1 amide bonds. The van der Waals surface area contributed by atoms with Crippen LogP contribution in [-0.2, 0) is 10.9 Å². The van der Waals surface area contributed by atoms with Crippen molar-refractivity contribution in [2.45, 2.75) is 25.4 Å². The number of benzene rings is 2. The molecule has 2 aliphatic rings. The smallest absolute Gasteiger partial charge is 0.378 e. The van der Waals surface area contributed by atoms with Crippen LogP contribution < -0.4 is 15.1 Å². The summed E-state index contributed by atoms with van der Waals surface area (Å²) in [6.07, 6.45) is -1.40. The first-order chi connectivity index (χ1) is 14.9. The first kappa shape index (κ1) is 21.5. The predicted octanol–water partition coefficient (Wildman–Crippen LogP) is 4.78. The van der Waals surface area contributed by atoms with E-state index < -0.39 is 17.6 Å². The lowest BCUT2D eigenvalue weighted by molar-refractivity contribution is -0.137. The second kappa shape index (κ2) is 9.18. The Morgan fingerprint density at radius 1 is 0.871 bits per heavy atom. The average molecular weight is 433 g/mol. The van der Waals surface area contributed by atoms with Crippen LogP contribution in [0.4, 0.5) is 30.2 Å². The zero-order valence-electron chi connectivity index (χ0n) is 17.3. The molecule has 0 aromatic heterocycles. The second-order valence-corrected chi connectivity index (χ2v) is 7.88. The average Bonchev–Trinajstić information content (AvgIpc) is 2.80. The molecule has 0 radical (unpaired) electrons. The van der Waals surface area contributed by atoms with Gasteiger partial charge < -0.3 is 19.9 Å². The zero-order chi connectivity index (χ0) is 21.8. The van der Waals surface area contributed by atoms with Gasteiger partial charge in [-0.05, 0) is 61.7 Å². The van der Waals surface area contributed by atoms with Gasteiger partial charge in [-0.15, -0.1) is 0 Å². The van der Waals surface area contributed by atoms with E-state index in [0.29, 0.717) is 24.5 Å². The van der Waals surface area contributed by atoms with Crippen LogP contribution in [0.5, 0.6) is 0 Å². The molecule has 166 valence electrons. The van der Waals surface area contributed by atoms with Gasteiger partial charge in [0.1, 0.15) is 0 Å². The van der Waals surface area contributed by atoms with E-state index in [1.165, 1.54) is 6.07 Å². The highest BCUT2D eigenvalue weighted by atomic mass is 19.4. The largest absolute Gasteiger partial charge is 0.416 e. The number of carbonyl (C=O) groups is 1. The van der Waals surface area contributed by atoms with Gasteiger partial charge in [-0.1, -0.05) is 0 Å². The van der Waals surface area contributed by atoms with Crippen LogP contribution in [0.2, 0.25) is 0 Å². The van der Waals surface area contributed by atoms with E-state index >= 15 is 0 Å². The number of carbonyl (C=O) groups excluding carboxylic acids is 1. The van der Waals surface area contributed by atoms with Crippen LogP contribution in [0, 0.1) is 0 Å². The van der Waals surface area contributed by atoms with E-state index in [9.17, 15) is 18.0 Å². The highest BCUT2D eigenvalue weighted by Crippen LogP contribution is 2.36. The van der Waals surface area contributed by atoms with Gasteiger partial charge in [-0.2, -0.15) is 13.2 Å². The molecule has 31 heavy (non-hydrogen) atoms. The molecule has 8 heteroatoms. The summed E-state index contributed by atoms with van der Waals surface area (Å²) in [5.74, 6) is -0.425. The lowest BCUT2D eigenvalue weighted by Gasteiger charge is -2.31. The Balaban J connectivity index is 1.55. The van der Waals surface area contributed by atoms with Crippen molar-refractivity contribution < 1.29 is 22.7 Å². The molecule has 2 aliphatic heterocycles. The summed E-state index contributed by atoms with van der Waals surface area (Å²) in [7, 11) is 0. The molecule has 5 nitrogen and oxygen atoms in total. The summed E-state index contributed by atoms with van der Waals surface area (Å²) in [6.45, 7) is 4.43. The highest BCUT2D eigenvalue weighted by Gasteiger charge is 2.32. The maximum absolute atomic E-state index is 13.3. The molecule has 0 atom stereocenters. The molecular weight excluding hydrogens is 407 g/mol. The Morgan fingerprint density at radius 2 is 1.55 bits per heavy atom. The Labute approximate surface area is 179 Å². The zero-order valence-corrected chi connectivity index (χ0v) is 17.3. The van der Waals surface area contributed by atoms with Gasteiger partial charge in [0.05, 0.1) is 30.2 Å². The topological polar surface area (TPSA) is 44.8 Å². The number of piperidine rings is 1. The van der Waals surface area contributed by atoms with Gasteiger partial charge in [-0.25, -0.2) is 0 Å². The van der Waals surface area contributed by atoms with Crippen LogP contribution in [-0.4, -0.2) is 45.3 Å². The van der Waals surface area contributed by atoms with E-state index in [0.717, 1.165) is 63.3 Å². The maximum Gasteiger partial charge on any atom is 0.416 e. The summed E-state index contributed by atoms with van der Waals surface area (Å²) in [4.78, 5) is 17.1. The standard InChI is InChI=1S/C23H26F3N3O2/c24-23(25,26)18-6-9-21(29-10-2-1-3-11-29)20(16-18)27-22(30)17-4-7-19(8-5-17)28-12-14-31-15-13-28/h4-9,16H,1-3,10-15H2,(H,27,30). The fourth-order valence-electron chi connectivity index (χ4n) is 4.06. The maximum atomic E-state index is 13.3. The van der Waals surface area contributed by atoms with Crippen LogP contribution in [0.3, 0.4) is 0 Å². The molecule has 0 saturated carbocycles. The lowest BCUT2D eigenvalue weighted by atomic mass is 10.1. The number of ether oxygens (including phenoxy) is 1. The van der Waals surface area contributed by atoms with Gasteiger partial charge in [-0.3, -0.25) is 4.79 Å². The molecule has 2 heterocycles. The second-order valence-electron chi connectivity index (χ2n) is 7.88. The summed E-state index contributed by atoms with van der Waals surface area (Å²) in [6, 6.07) is 10.7. The number of nitrogens with zero attached hydrogens (tertiary/aromatic N) is 2. The monoisotopic (exact) mass is 433 g/mol. The fourth-order valence-corrected chi connectivity index (χ4v) is 4.06. The molecule has 2 fully saturated rings. The number of anilines is 3. The van der Waals surface area contributed by atoms with Crippen molar-refractivity contribution in [1.82, 2.24) is 0 Å². The quantitative estimate of drug-likeness (QED) is 0.754. The number of hydrogen-bond donors (Lipinski definition) is 1. The van der Waals surface area contributed by atoms with E-state index in [2.05, 4.69) is 10.2 Å². The Kier molecular flexibility index (Phi) is 6.36. The van der Waals surface area contributed by atoms with Crippen molar-refractivity contribution in [2.24, 2.45) is 0 Å². The molecule has 4 rings (SSSR count). The van der Waals surface area contributed by atoms with Crippen molar-refractivity contribution in [3.8, 4) is 0 Å². The number of morpholine rings is 1. The number of hydrogen-bond acceptors (Lipinski definition) is 4. The van der Waals surface area contributed by atoms with E-state index in [-0.39, 0.29) is 5.69 Å². The number of halogens is 3. The number of amides is 1. The Bertz CT molecular complexity index is 903. The summed E-state index contributed by atoms with van der Waals surface area (Å²) in [5.41, 5.74) is 1.45. The fraction of sp³-hybridized carbons (Fsp3) is 0.435. The number of alkyl halides is 3. The minimum absolute atomic E-state index is 0.194. The molecular formula is C23H26F3N3O2. The van der Waals surface area contributed by atoms with Crippen LogP contribution in [0.1, 0.15) is 35.2 Å². The third kappa shape index (κ3) is 5.12. The van der Waals surface area contributed by atoms with Gasteiger partial charge in [0.15, 0.2) is 0 Å². The summed E-state index contributed by atoms with van der Waals surface area (Å²) < 4.78 is 45.2. The summed E-state index contributed by atoms with van der Waals surface area (Å²) in [5, 5.41) is 2.72. The predicted molar refractivity (Wildman–Crippen MR) is 115 cm³/mol. The Morgan fingerprint density at radius 3 is 2.19 bits per heavy atom. The van der Waals surface area contributed by atoms with Gasteiger partial charge in [0, 0.05) is 37.4 Å². The molecule has 2 saturated heterocycles. The lowest BCUT2D eigenvalue weighted by Crippen LogP contribution is -2.36. The molecule has 2 aromatic carbocycles. The number of nitrogens with one attached hydrogen (secondary N) is 1. The minimum Gasteiger partial charge on any atom is -0.378 e. The molecule has 0 unspecified atom stereocenters. The number of rotatable bonds is 4. The van der Waals surface area contributed by atoms with Crippen LogP contribution in [0.15, 0.2) is 42.5 Å². The van der Waals surface area contributed by atoms with Crippen molar-refractivity contribution in [2.75, 3.05) is 54.5 Å². The van der Waals surface area contributed by atoms with Crippen molar-refractivity contribution >= 4 is 23.0 Å². The van der Waals surface area contributed by atoms with E-state index in [1.807, 2.05) is 17.0 Å². The van der Waals surface area contributed by atoms with Gasteiger partial charge in [0.2, 0.25) is 0 Å². The highest BCUT2D eigenvalue weighted by molar-refractivity contribution is 6.06. The molecule has 1 N–H and O–H groups in total. The Hall–Kier alpha value is -2.74. The van der Waals surface area contributed by atoms with E-state index in [1.54, 1.807) is 12.1 Å². The van der Waals surface area contributed by atoms with Crippen LogP contribution in [0.25, 0.3) is 0 Å². The molecule has 2 aromatic rings. The molecule has 0 spiro atoms. The summed E-state index contributed by atoms with van der Waals surface area (Å²) >= 11 is 0. The SMILES string of the molecule is O=C(Nc1cc(C(F)(F)F)ccc1N1CCCCC1)c1ccc(N2CCOCC2)cc1. The molecule has 0 bridgehead atoms. The van der Waals surface area contributed by atoms with E-state index in [4.69, 9.17) is 4.74 Å². The van der Waals surface area contributed by atoms with Crippen LogP contribution >= 0.6 is 0 Å². The first-order valence-corrected chi connectivity index (χ1v) is 10.6. The van der Waals surface area contributed by atoms with Crippen molar-refractivity contribution in [3.05, 3.63) is 53.6 Å².